The topological polar surface area (TPSA) is 44.6 Å². The summed E-state index contributed by atoms with van der Waals surface area (Å²) < 4.78 is 2.75. The van der Waals surface area contributed by atoms with Gasteiger partial charge in [-0.15, -0.1) is 16.8 Å². The van der Waals surface area contributed by atoms with Crippen molar-refractivity contribution in [2.24, 2.45) is 0 Å². The summed E-state index contributed by atoms with van der Waals surface area (Å²) in [6.45, 7) is 9.48. The molecule has 0 spiro atoms. The van der Waals surface area contributed by atoms with E-state index in [1.807, 2.05) is 16.7 Å². The van der Waals surface area contributed by atoms with Gasteiger partial charge in [-0.2, -0.15) is 9.69 Å². The van der Waals surface area contributed by atoms with Crippen molar-refractivity contribution in [1.29, 1.82) is 0 Å². The van der Waals surface area contributed by atoms with E-state index < -0.39 is 0 Å². The molecule has 0 radical (unpaired) electrons. The van der Waals surface area contributed by atoms with Crippen LogP contribution in [0.15, 0.2) is 66.0 Å². The number of fused-ring (bicyclic) bond motifs is 1. The first-order chi connectivity index (χ1) is 16.5. The standard InChI is InChI=1S/C26H31N6OS/c1-20-6-3-4-8-24(20)31-25(16-21(2)27-31)28-9-11-30(12-10-28)32-14-5-7-23(32)17-22(18-32)26(33)29-13-15-34-19-29/h3-8,14,16-17H,9-13,15,18-19H2,1-2H3/q+1/t32-/m1/s1. The van der Waals surface area contributed by atoms with Crippen molar-refractivity contribution in [3.8, 4) is 5.69 Å². The molecule has 1 atom stereocenters. The SMILES string of the molecule is Cc1cc(N2CCN([N@@+]34C=CC=C3C=C(C(=O)N3CCSC3)C4)CC2)n(-c2ccccc2C)n1. The molecule has 7 nitrogen and oxygen atoms in total. The number of amides is 1. The molecule has 8 heteroatoms. The Kier molecular flexibility index (Phi) is 5.39. The van der Waals surface area contributed by atoms with Crippen LogP contribution >= 0.6 is 11.8 Å². The van der Waals surface area contributed by atoms with Gasteiger partial charge in [0, 0.05) is 43.6 Å². The Balaban J connectivity index is 1.19. The van der Waals surface area contributed by atoms with Crippen molar-refractivity contribution >= 4 is 23.5 Å². The molecule has 0 unspecified atom stereocenters. The molecule has 2 saturated heterocycles. The van der Waals surface area contributed by atoms with Gasteiger partial charge in [0.1, 0.15) is 18.6 Å². The Morgan fingerprint density at radius 1 is 1.09 bits per heavy atom. The third-order valence-electron chi connectivity index (χ3n) is 7.34. The second kappa shape index (κ2) is 8.45. The molecule has 2 fully saturated rings. The van der Waals surface area contributed by atoms with Crippen molar-refractivity contribution in [2.45, 2.75) is 13.8 Å². The second-order valence-corrected chi connectivity index (χ2v) is 10.6. The summed E-state index contributed by atoms with van der Waals surface area (Å²) in [4.78, 5) is 17.5. The van der Waals surface area contributed by atoms with Gasteiger partial charge in [0.05, 0.1) is 35.9 Å². The van der Waals surface area contributed by atoms with Crippen LogP contribution in [0.2, 0.25) is 0 Å². The van der Waals surface area contributed by atoms with E-state index in [9.17, 15) is 4.79 Å². The van der Waals surface area contributed by atoms with Crippen molar-refractivity contribution in [2.75, 3.05) is 55.8 Å². The molecule has 5 heterocycles. The summed E-state index contributed by atoms with van der Waals surface area (Å²) in [6, 6.07) is 10.6. The Labute approximate surface area is 205 Å². The maximum Gasteiger partial charge on any atom is 0.256 e. The number of nitrogens with zero attached hydrogens (tertiary/aromatic N) is 6. The van der Waals surface area contributed by atoms with Crippen LogP contribution in [0.4, 0.5) is 5.82 Å². The highest BCUT2D eigenvalue weighted by molar-refractivity contribution is 7.99. The monoisotopic (exact) mass is 475 g/mol. The number of benzene rings is 1. The fourth-order valence-electron chi connectivity index (χ4n) is 5.52. The number of rotatable bonds is 4. The fraction of sp³-hybridized carbons (Fsp3) is 0.385. The van der Waals surface area contributed by atoms with Gasteiger partial charge in [-0.1, -0.05) is 18.2 Å². The molecule has 176 valence electrons. The molecule has 2 aromatic rings. The van der Waals surface area contributed by atoms with Crippen LogP contribution in [0.3, 0.4) is 0 Å². The van der Waals surface area contributed by atoms with Crippen LogP contribution in [-0.4, -0.2) is 81.1 Å². The highest BCUT2D eigenvalue weighted by Gasteiger charge is 2.48. The van der Waals surface area contributed by atoms with Crippen LogP contribution in [0.25, 0.3) is 5.69 Å². The van der Waals surface area contributed by atoms with E-state index in [4.69, 9.17) is 5.10 Å². The van der Waals surface area contributed by atoms with Crippen LogP contribution < -0.4 is 4.90 Å². The van der Waals surface area contributed by atoms with E-state index in [0.717, 1.165) is 73.7 Å². The zero-order chi connectivity index (χ0) is 23.3. The first-order valence-electron chi connectivity index (χ1n) is 12.0. The molecule has 0 bridgehead atoms. The molecule has 0 saturated carbocycles. The van der Waals surface area contributed by atoms with Crippen molar-refractivity contribution in [3.63, 3.8) is 0 Å². The van der Waals surface area contributed by atoms with Gasteiger partial charge >= 0.3 is 0 Å². The second-order valence-electron chi connectivity index (χ2n) is 9.48. The van der Waals surface area contributed by atoms with Gasteiger partial charge in [0.2, 0.25) is 0 Å². The lowest BCUT2D eigenvalue weighted by atomic mass is 10.2. The fourth-order valence-corrected chi connectivity index (χ4v) is 6.47. The van der Waals surface area contributed by atoms with Crippen molar-refractivity contribution in [3.05, 3.63) is 77.3 Å². The zero-order valence-corrected chi connectivity index (χ0v) is 20.7. The Morgan fingerprint density at radius 3 is 2.68 bits per heavy atom. The summed E-state index contributed by atoms with van der Waals surface area (Å²) in [5, 5.41) is 7.33. The largest absolute Gasteiger partial charge is 0.353 e. The van der Waals surface area contributed by atoms with Crippen molar-refractivity contribution < 1.29 is 9.39 Å². The molecule has 1 aromatic carbocycles. The summed E-state index contributed by atoms with van der Waals surface area (Å²) in [5.74, 6) is 3.23. The highest BCUT2D eigenvalue weighted by atomic mass is 32.2. The number of carbonyl (C=O) groups excluding carboxylic acids is 1. The Hall–Kier alpha value is -2.81. The van der Waals surface area contributed by atoms with E-state index in [1.165, 1.54) is 11.3 Å². The summed E-state index contributed by atoms with van der Waals surface area (Å²) in [7, 11) is 0. The quantitative estimate of drug-likeness (QED) is 0.636. The maximum absolute atomic E-state index is 13.1. The number of aryl methyl sites for hydroxylation is 2. The lowest BCUT2D eigenvalue weighted by Gasteiger charge is -2.44. The lowest BCUT2D eigenvalue weighted by molar-refractivity contribution is -0.948. The summed E-state index contributed by atoms with van der Waals surface area (Å²) in [6.07, 6.45) is 8.69. The van der Waals surface area contributed by atoms with Crippen molar-refractivity contribution in [1.82, 2.24) is 19.7 Å². The predicted octanol–water partition coefficient (Wildman–Crippen LogP) is 3.23. The van der Waals surface area contributed by atoms with Gasteiger partial charge in [-0.3, -0.25) is 4.79 Å². The smallest absolute Gasteiger partial charge is 0.256 e. The average Bonchev–Trinajstić information content (AvgIpc) is 3.62. The summed E-state index contributed by atoms with van der Waals surface area (Å²) in [5.41, 5.74) is 5.53. The van der Waals surface area contributed by atoms with Gasteiger partial charge in [-0.25, -0.2) is 4.68 Å². The maximum atomic E-state index is 13.1. The molecule has 34 heavy (non-hydrogen) atoms. The minimum atomic E-state index is 0.211. The number of para-hydroxylation sites is 1. The number of allylic oxidation sites excluding steroid dienone is 3. The molecule has 4 aliphatic heterocycles. The van der Waals surface area contributed by atoms with Gasteiger partial charge in [0.15, 0.2) is 5.70 Å². The summed E-state index contributed by atoms with van der Waals surface area (Å²) >= 11 is 1.84. The number of piperazine rings is 1. The number of quaternary nitrogens is 1. The molecule has 6 rings (SSSR count). The molecular formula is C26H31N6OS+. The normalized spacial score (nSPS) is 24.5. The molecular weight excluding hydrogens is 444 g/mol. The number of hydrogen-bond acceptors (Lipinski definition) is 5. The molecule has 1 aromatic heterocycles. The van der Waals surface area contributed by atoms with Gasteiger partial charge in [-0.05, 0) is 31.6 Å². The van der Waals surface area contributed by atoms with E-state index >= 15 is 0 Å². The van der Waals surface area contributed by atoms with Crippen LogP contribution in [-0.2, 0) is 4.79 Å². The number of aromatic nitrogens is 2. The predicted molar refractivity (Wildman–Crippen MR) is 136 cm³/mol. The molecule has 0 aliphatic carbocycles. The zero-order valence-electron chi connectivity index (χ0n) is 19.9. The molecule has 0 N–H and O–H groups in total. The number of anilines is 1. The Morgan fingerprint density at radius 2 is 1.91 bits per heavy atom. The average molecular weight is 476 g/mol. The number of hydrogen-bond donors (Lipinski definition) is 0. The number of thioether (sulfide) groups is 1. The first kappa shape index (κ1) is 21.7. The van der Waals surface area contributed by atoms with E-state index in [-0.39, 0.29) is 5.91 Å². The van der Waals surface area contributed by atoms with Crippen LogP contribution in [0.5, 0.6) is 0 Å². The van der Waals surface area contributed by atoms with Gasteiger partial charge in [0.25, 0.3) is 5.91 Å². The molecule has 4 aliphatic rings. The third kappa shape index (κ3) is 3.52. The van der Waals surface area contributed by atoms with Crippen LogP contribution in [0, 0.1) is 13.8 Å². The van der Waals surface area contributed by atoms with E-state index in [1.54, 1.807) is 0 Å². The molecule has 1 amide bonds. The number of carbonyl (C=O) groups is 1. The van der Waals surface area contributed by atoms with E-state index in [0.29, 0.717) is 4.59 Å². The first-order valence-corrected chi connectivity index (χ1v) is 13.2. The highest BCUT2D eigenvalue weighted by Crippen LogP contribution is 2.38. The Bertz CT molecular complexity index is 1220. The minimum Gasteiger partial charge on any atom is -0.353 e. The minimum absolute atomic E-state index is 0.211. The van der Waals surface area contributed by atoms with Gasteiger partial charge < -0.3 is 9.80 Å². The van der Waals surface area contributed by atoms with E-state index in [2.05, 4.69) is 83.2 Å². The lowest BCUT2D eigenvalue weighted by Crippen LogP contribution is -2.60. The van der Waals surface area contributed by atoms with Crippen LogP contribution in [0.1, 0.15) is 11.3 Å². The third-order valence-corrected chi connectivity index (χ3v) is 8.30.